The number of ether oxygens (including phenoxy) is 1. The molecule has 0 aromatic carbocycles. The molecule has 15 heavy (non-hydrogen) atoms. The van der Waals surface area contributed by atoms with E-state index in [1.165, 1.54) is 6.08 Å². The van der Waals surface area contributed by atoms with Crippen molar-refractivity contribution in [1.82, 2.24) is 0 Å². The Hall–Kier alpha value is -1.40. The Balaban J connectivity index is 2.66. The van der Waals surface area contributed by atoms with E-state index in [1.54, 1.807) is 12.2 Å². The summed E-state index contributed by atoms with van der Waals surface area (Å²) in [4.78, 5) is 21.8. The summed E-state index contributed by atoms with van der Waals surface area (Å²) in [5.74, 6) is -1.99. The number of carbonyl (C=O) groups excluding carboxylic acids is 1. The summed E-state index contributed by atoms with van der Waals surface area (Å²) in [6.07, 6.45) is 3.96. The number of carbonyl (C=O) groups is 2. The Labute approximate surface area is 96.2 Å². The standard InChI is InChI=1S/C9H6O4S2/c10-7(11)4-8(12)13-5-2-1-3-6(14)9(5)15/h1-3H,4H2,(H,10,11). The number of carboxylic acids is 1. The molecule has 0 bridgehead atoms. The first-order valence-corrected chi connectivity index (χ1v) is 4.72. The summed E-state index contributed by atoms with van der Waals surface area (Å²) >= 11 is 9.77. The Kier molecular flexibility index (Phi) is 3.81. The van der Waals surface area contributed by atoms with Crippen molar-refractivity contribution in [3.8, 4) is 0 Å². The fourth-order valence-corrected chi connectivity index (χ4v) is 1.22. The number of aliphatic carboxylic acids is 1. The SMILES string of the molecule is O=C(O)CC(=O)OC1=CC=CC(=S)C1=S. The molecular formula is C9H6O4S2. The Bertz CT molecular complexity index is 406. The molecule has 4 nitrogen and oxygen atoms in total. The molecule has 0 saturated heterocycles. The van der Waals surface area contributed by atoms with Gasteiger partial charge in [-0.25, -0.2) is 0 Å². The van der Waals surface area contributed by atoms with Gasteiger partial charge in [0.2, 0.25) is 0 Å². The van der Waals surface area contributed by atoms with Crippen molar-refractivity contribution in [3.63, 3.8) is 0 Å². The molecule has 0 fully saturated rings. The second kappa shape index (κ2) is 4.90. The van der Waals surface area contributed by atoms with Crippen LogP contribution in [-0.2, 0) is 14.3 Å². The van der Waals surface area contributed by atoms with Crippen LogP contribution >= 0.6 is 24.4 Å². The van der Waals surface area contributed by atoms with Gasteiger partial charge in [-0.1, -0.05) is 30.5 Å². The van der Waals surface area contributed by atoms with Crippen molar-refractivity contribution in [1.29, 1.82) is 0 Å². The van der Waals surface area contributed by atoms with E-state index in [-0.39, 0.29) is 10.6 Å². The van der Waals surface area contributed by atoms with Gasteiger partial charge in [-0.3, -0.25) is 9.59 Å². The van der Waals surface area contributed by atoms with Crippen molar-refractivity contribution in [2.45, 2.75) is 6.42 Å². The lowest BCUT2D eigenvalue weighted by Crippen LogP contribution is -2.19. The van der Waals surface area contributed by atoms with Gasteiger partial charge in [0, 0.05) is 0 Å². The molecule has 1 N–H and O–H groups in total. The Morgan fingerprint density at radius 2 is 2.07 bits per heavy atom. The molecule has 78 valence electrons. The number of esters is 1. The van der Waals surface area contributed by atoms with Gasteiger partial charge in [-0.15, -0.1) is 0 Å². The maximum atomic E-state index is 11.0. The maximum Gasteiger partial charge on any atom is 0.322 e. The highest BCUT2D eigenvalue weighted by Crippen LogP contribution is 2.11. The maximum absolute atomic E-state index is 11.0. The van der Waals surface area contributed by atoms with E-state index in [0.29, 0.717) is 4.86 Å². The Morgan fingerprint density at radius 3 is 2.67 bits per heavy atom. The van der Waals surface area contributed by atoms with Crippen LogP contribution in [0.1, 0.15) is 6.42 Å². The highest BCUT2D eigenvalue weighted by molar-refractivity contribution is 7.90. The van der Waals surface area contributed by atoms with E-state index in [9.17, 15) is 9.59 Å². The highest BCUT2D eigenvalue weighted by atomic mass is 32.1. The first-order chi connectivity index (χ1) is 7.00. The zero-order valence-corrected chi connectivity index (χ0v) is 9.06. The summed E-state index contributed by atoms with van der Waals surface area (Å²) in [6, 6.07) is 0. The molecule has 1 aliphatic rings. The van der Waals surface area contributed by atoms with Crippen LogP contribution < -0.4 is 0 Å². The fraction of sp³-hybridized carbons (Fsp3) is 0.111. The number of rotatable bonds is 3. The van der Waals surface area contributed by atoms with Crippen LogP contribution in [-0.4, -0.2) is 26.8 Å². The summed E-state index contributed by atoms with van der Waals surface area (Å²) in [6.45, 7) is 0. The second-order valence-electron chi connectivity index (χ2n) is 2.63. The lowest BCUT2D eigenvalue weighted by atomic mass is 10.1. The van der Waals surface area contributed by atoms with Gasteiger partial charge in [0.05, 0.1) is 9.73 Å². The fourth-order valence-electron chi connectivity index (χ4n) is 0.858. The molecule has 0 heterocycles. The molecule has 0 aromatic rings. The molecular weight excluding hydrogens is 236 g/mol. The lowest BCUT2D eigenvalue weighted by Gasteiger charge is -2.10. The van der Waals surface area contributed by atoms with Gasteiger partial charge in [0.15, 0.2) is 0 Å². The molecule has 0 saturated carbocycles. The minimum atomic E-state index is -1.25. The van der Waals surface area contributed by atoms with E-state index in [0.717, 1.165) is 0 Å². The largest absolute Gasteiger partial charge is 0.481 e. The van der Waals surface area contributed by atoms with Gasteiger partial charge < -0.3 is 9.84 Å². The average Bonchev–Trinajstić information content (AvgIpc) is 2.11. The first-order valence-electron chi connectivity index (χ1n) is 3.90. The number of carboxylic acid groups (broad SMARTS) is 1. The van der Waals surface area contributed by atoms with Crippen LogP contribution in [0.4, 0.5) is 0 Å². The topological polar surface area (TPSA) is 63.6 Å². The van der Waals surface area contributed by atoms with E-state index in [1.807, 2.05) is 0 Å². The lowest BCUT2D eigenvalue weighted by molar-refractivity contribution is -0.148. The third-order valence-corrected chi connectivity index (χ3v) is 2.35. The zero-order chi connectivity index (χ0) is 11.4. The van der Waals surface area contributed by atoms with Crippen LogP contribution in [0.25, 0.3) is 0 Å². The molecule has 0 radical (unpaired) electrons. The second-order valence-corrected chi connectivity index (χ2v) is 3.48. The molecule has 0 unspecified atom stereocenters. The van der Waals surface area contributed by atoms with Gasteiger partial charge in [0.25, 0.3) is 0 Å². The van der Waals surface area contributed by atoms with E-state index < -0.39 is 18.4 Å². The molecule has 0 atom stereocenters. The molecule has 0 amide bonds. The van der Waals surface area contributed by atoms with Crippen LogP contribution in [0.2, 0.25) is 0 Å². The molecule has 0 aromatic heterocycles. The molecule has 0 aliphatic heterocycles. The normalized spacial score (nSPS) is 14.8. The number of allylic oxidation sites excluding steroid dienone is 4. The monoisotopic (exact) mass is 242 g/mol. The number of hydrogen-bond acceptors (Lipinski definition) is 5. The predicted octanol–water partition coefficient (Wildman–Crippen LogP) is 1.20. The quantitative estimate of drug-likeness (QED) is 0.456. The van der Waals surface area contributed by atoms with E-state index in [4.69, 9.17) is 34.3 Å². The molecule has 0 spiro atoms. The van der Waals surface area contributed by atoms with Crippen LogP contribution in [0.15, 0.2) is 24.0 Å². The van der Waals surface area contributed by atoms with Crippen molar-refractivity contribution >= 4 is 46.1 Å². The summed E-state index contributed by atoms with van der Waals surface area (Å²) < 4.78 is 4.75. The van der Waals surface area contributed by atoms with Crippen LogP contribution in [0.3, 0.4) is 0 Å². The first kappa shape index (κ1) is 11.7. The minimum Gasteiger partial charge on any atom is -0.481 e. The van der Waals surface area contributed by atoms with Crippen LogP contribution in [0, 0.1) is 0 Å². The van der Waals surface area contributed by atoms with Crippen molar-refractivity contribution in [2.75, 3.05) is 0 Å². The van der Waals surface area contributed by atoms with Gasteiger partial charge in [-0.05, 0) is 12.2 Å². The summed E-state index contributed by atoms with van der Waals surface area (Å²) in [7, 11) is 0. The number of thiocarbonyl (C=S) groups is 2. The zero-order valence-electron chi connectivity index (χ0n) is 7.43. The van der Waals surface area contributed by atoms with Crippen molar-refractivity contribution in [3.05, 3.63) is 24.0 Å². The van der Waals surface area contributed by atoms with Crippen LogP contribution in [0.5, 0.6) is 0 Å². The van der Waals surface area contributed by atoms with E-state index >= 15 is 0 Å². The smallest absolute Gasteiger partial charge is 0.322 e. The third-order valence-electron chi connectivity index (χ3n) is 1.46. The van der Waals surface area contributed by atoms with Gasteiger partial charge in [0.1, 0.15) is 12.2 Å². The average molecular weight is 242 g/mol. The molecule has 1 aliphatic carbocycles. The van der Waals surface area contributed by atoms with Gasteiger partial charge in [-0.2, -0.15) is 0 Å². The third kappa shape index (κ3) is 3.34. The van der Waals surface area contributed by atoms with Gasteiger partial charge >= 0.3 is 11.9 Å². The number of hydrogen-bond donors (Lipinski definition) is 1. The molecule has 6 heteroatoms. The predicted molar refractivity (Wildman–Crippen MR) is 60.8 cm³/mol. The summed E-state index contributed by atoms with van der Waals surface area (Å²) in [5.41, 5.74) is 0. The molecule has 1 rings (SSSR count). The Morgan fingerprint density at radius 1 is 1.40 bits per heavy atom. The summed E-state index contributed by atoms with van der Waals surface area (Å²) in [5, 5.41) is 8.34. The van der Waals surface area contributed by atoms with Crippen molar-refractivity contribution in [2.24, 2.45) is 0 Å². The minimum absolute atomic E-state index is 0.128. The van der Waals surface area contributed by atoms with E-state index in [2.05, 4.69) is 0 Å². The van der Waals surface area contributed by atoms with Crippen molar-refractivity contribution < 1.29 is 19.4 Å². The highest BCUT2D eigenvalue weighted by Gasteiger charge is 2.17.